The maximum absolute atomic E-state index is 12.5. The van der Waals surface area contributed by atoms with Gasteiger partial charge in [0, 0.05) is 69.1 Å². The van der Waals surface area contributed by atoms with Gasteiger partial charge in [-0.25, -0.2) is 4.98 Å². The highest BCUT2D eigenvalue weighted by atomic mass is 32.1. The van der Waals surface area contributed by atoms with E-state index in [4.69, 9.17) is 4.98 Å². The molecule has 32 heavy (non-hydrogen) atoms. The minimum absolute atomic E-state index is 0.0525. The van der Waals surface area contributed by atoms with Crippen molar-refractivity contribution in [2.45, 2.75) is 13.0 Å². The number of likely N-dealkylation sites (N-methyl/N-ethyl adjacent to an activating group) is 1. The summed E-state index contributed by atoms with van der Waals surface area (Å²) in [6, 6.07) is 16.4. The Balaban J connectivity index is 1.35. The lowest BCUT2D eigenvalue weighted by Crippen LogP contribution is -2.43. The summed E-state index contributed by atoms with van der Waals surface area (Å²) in [6.45, 7) is 5.42. The second kappa shape index (κ2) is 10.3. The number of carbonyl (C=O) groups is 1. The first kappa shape index (κ1) is 22.5. The Morgan fingerprint density at radius 3 is 2.56 bits per heavy atom. The lowest BCUT2D eigenvalue weighted by Gasteiger charge is -2.32. The van der Waals surface area contributed by atoms with E-state index >= 15 is 0 Å². The number of nitrogens with one attached hydrogen (secondary N) is 1. The number of nitrogens with zero attached hydrogens (tertiary/aromatic N) is 4. The molecule has 3 aromatic rings. The average molecular weight is 450 g/mol. The number of piperazine rings is 1. The van der Waals surface area contributed by atoms with Gasteiger partial charge in [-0.05, 0) is 42.9 Å². The molecule has 6 nitrogen and oxygen atoms in total. The number of hydrogen-bond donors (Lipinski definition) is 1. The SMILES string of the molecule is CN1CCN(Cc2cccc(-c3nc(CC(=O)Nc4ccc(N(C)C)cc4)cs3)c2)CC1. The molecule has 1 aliphatic rings. The molecule has 0 spiro atoms. The molecule has 0 saturated carbocycles. The van der Waals surface area contributed by atoms with Gasteiger partial charge in [-0.3, -0.25) is 9.69 Å². The van der Waals surface area contributed by atoms with E-state index < -0.39 is 0 Å². The van der Waals surface area contributed by atoms with Crippen molar-refractivity contribution in [3.8, 4) is 10.6 Å². The van der Waals surface area contributed by atoms with Crippen LogP contribution < -0.4 is 10.2 Å². The summed E-state index contributed by atoms with van der Waals surface area (Å²) in [5.74, 6) is -0.0525. The Morgan fingerprint density at radius 1 is 1.09 bits per heavy atom. The van der Waals surface area contributed by atoms with Crippen LogP contribution in [0.4, 0.5) is 11.4 Å². The first-order valence-electron chi connectivity index (χ1n) is 11.0. The number of thiazole rings is 1. The molecule has 0 radical (unpaired) electrons. The third kappa shape index (κ3) is 5.94. The van der Waals surface area contributed by atoms with E-state index in [1.54, 1.807) is 11.3 Å². The first-order valence-corrected chi connectivity index (χ1v) is 11.9. The topological polar surface area (TPSA) is 51.7 Å². The summed E-state index contributed by atoms with van der Waals surface area (Å²) >= 11 is 1.59. The molecule has 2 heterocycles. The molecular weight excluding hydrogens is 418 g/mol. The molecule has 4 rings (SSSR count). The van der Waals surface area contributed by atoms with Crippen molar-refractivity contribution in [2.75, 3.05) is 57.5 Å². The Morgan fingerprint density at radius 2 is 1.84 bits per heavy atom. The minimum atomic E-state index is -0.0525. The normalized spacial score (nSPS) is 15.0. The largest absolute Gasteiger partial charge is 0.378 e. The van der Waals surface area contributed by atoms with Crippen LogP contribution >= 0.6 is 11.3 Å². The summed E-state index contributed by atoms with van der Waals surface area (Å²) in [5.41, 5.74) is 5.13. The van der Waals surface area contributed by atoms with E-state index in [2.05, 4.69) is 46.4 Å². The van der Waals surface area contributed by atoms with E-state index in [1.807, 2.05) is 48.6 Å². The maximum atomic E-state index is 12.5. The summed E-state index contributed by atoms with van der Waals surface area (Å²) in [5, 5.41) is 5.91. The number of amides is 1. The quantitative estimate of drug-likeness (QED) is 0.595. The number of aromatic nitrogens is 1. The van der Waals surface area contributed by atoms with Gasteiger partial charge in [-0.2, -0.15) is 0 Å². The van der Waals surface area contributed by atoms with Crippen molar-refractivity contribution < 1.29 is 4.79 Å². The molecule has 1 saturated heterocycles. The summed E-state index contributed by atoms with van der Waals surface area (Å²) in [7, 11) is 6.17. The molecule has 168 valence electrons. The zero-order chi connectivity index (χ0) is 22.5. The van der Waals surface area contributed by atoms with Gasteiger partial charge in [-0.15, -0.1) is 11.3 Å². The van der Waals surface area contributed by atoms with Crippen molar-refractivity contribution in [1.82, 2.24) is 14.8 Å². The molecule has 0 unspecified atom stereocenters. The van der Waals surface area contributed by atoms with Crippen LogP contribution in [-0.2, 0) is 17.8 Å². The molecule has 1 amide bonds. The average Bonchev–Trinajstić information content (AvgIpc) is 3.24. The van der Waals surface area contributed by atoms with Crippen LogP contribution in [0.3, 0.4) is 0 Å². The van der Waals surface area contributed by atoms with E-state index in [-0.39, 0.29) is 12.3 Å². The third-order valence-corrected chi connectivity index (χ3v) is 6.68. The lowest BCUT2D eigenvalue weighted by atomic mass is 10.1. The van der Waals surface area contributed by atoms with Gasteiger partial charge in [0.1, 0.15) is 5.01 Å². The van der Waals surface area contributed by atoms with Crippen LogP contribution in [0, 0.1) is 0 Å². The van der Waals surface area contributed by atoms with Crippen molar-refractivity contribution in [3.05, 3.63) is 65.2 Å². The zero-order valence-electron chi connectivity index (χ0n) is 19.0. The summed E-state index contributed by atoms with van der Waals surface area (Å²) in [4.78, 5) is 24.1. The fourth-order valence-electron chi connectivity index (χ4n) is 3.80. The molecule has 0 bridgehead atoms. The Hall–Kier alpha value is -2.74. The Kier molecular flexibility index (Phi) is 7.19. The van der Waals surface area contributed by atoms with Crippen molar-refractivity contribution in [1.29, 1.82) is 0 Å². The minimum Gasteiger partial charge on any atom is -0.378 e. The van der Waals surface area contributed by atoms with Crippen molar-refractivity contribution >= 4 is 28.6 Å². The van der Waals surface area contributed by atoms with Gasteiger partial charge < -0.3 is 15.1 Å². The smallest absolute Gasteiger partial charge is 0.230 e. The van der Waals surface area contributed by atoms with Gasteiger partial charge in [-0.1, -0.05) is 18.2 Å². The van der Waals surface area contributed by atoms with Gasteiger partial charge in [0.05, 0.1) is 12.1 Å². The molecule has 0 aliphatic carbocycles. The number of rotatable bonds is 7. The van der Waals surface area contributed by atoms with Gasteiger partial charge in [0.2, 0.25) is 5.91 Å². The molecule has 1 aromatic heterocycles. The van der Waals surface area contributed by atoms with E-state index in [0.29, 0.717) is 0 Å². The predicted octanol–water partition coefficient (Wildman–Crippen LogP) is 3.80. The molecule has 0 atom stereocenters. The third-order valence-electron chi connectivity index (χ3n) is 5.74. The van der Waals surface area contributed by atoms with E-state index in [1.165, 1.54) is 5.56 Å². The second-order valence-corrected chi connectivity index (χ2v) is 9.45. The Bertz CT molecular complexity index is 1040. The molecule has 7 heteroatoms. The van der Waals surface area contributed by atoms with Gasteiger partial charge in [0.15, 0.2) is 0 Å². The van der Waals surface area contributed by atoms with Crippen molar-refractivity contribution in [3.63, 3.8) is 0 Å². The fraction of sp³-hybridized carbons (Fsp3) is 0.360. The standard InChI is InChI=1S/C25H31N5OS/c1-28(2)23-9-7-21(8-10-23)26-24(31)16-22-18-32-25(27-22)20-6-4-5-19(15-20)17-30-13-11-29(3)12-14-30/h4-10,15,18H,11-14,16-17H2,1-3H3,(H,26,31). The van der Waals surface area contributed by atoms with Crippen molar-refractivity contribution in [2.24, 2.45) is 0 Å². The van der Waals surface area contributed by atoms with Gasteiger partial charge in [0.25, 0.3) is 0 Å². The second-order valence-electron chi connectivity index (χ2n) is 8.59. The van der Waals surface area contributed by atoms with Crippen LogP contribution in [-0.4, -0.2) is 68.0 Å². The predicted molar refractivity (Wildman–Crippen MR) is 133 cm³/mol. The molecule has 2 aromatic carbocycles. The van der Waals surface area contributed by atoms with Crippen LogP contribution in [0.25, 0.3) is 10.6 Å². The summed E-state index contributed by atoms with van der Waals surface area (Å²) < 4.78 is 0. The fourth-order valence-corrected chi connectivity index (χ4v) is 4.62. The molecule has 1 fully saturated rings. The number of benzene rings is 2. The van der Waals surface area contributed by atoms with E-state index in [9.17, 15) is 4.79 Å². The highest BCUT2D eigenvalue weighted by Crippen LogP contribution is 2.25. The van der Waals surface area contributed by atoms with Crippen LogP contribution in [0.15, 0.2) is 53.9 Å². The first-order chi connectivity index (χ1) is 15.5. The lowest BCUT2D eigenvalue weighted by molar-refractivity contribution is -0.115. The number of carbonyl (C=O) groups excluding carboxylic acids is 1. The maximum Gasteiger partial charge on any atom is 0.230 e. The number of anilines is 2. The Labute approximate surface area is 194 Å². The van der Waals surface area contributed by atoms with Crippen LogP contribution in [0.2, 0.25) is 0 Å². The number of hydrogen-bond acceptors (Lipinski definition) is 6. The summed E-state index contributed by atoms with van der Waals surface area (Å²) in [6.07, 6.45) is 0.271. The molecule has 1 aliphatic heterocycles. The van der Waals surface area contributed by atoms with Crippen LogP contribution in [0.1, 0.15) is 11.3 Å². The highest BCUT2D eigenvalue weighted by Gasteiger charge is 2.15. The molecule has 1 N–H and O–H groups in total. The zero-order valence-corrected chi connectivity index (χ0v) is 19.9. The van der Waals surface area contributed by atoms with Crippen LogP contribution in [0.5, 0.6) is 0 Å². The monoisotopic (exact) mass is 449 g/mol. The van der Waals surface area contributed by atoms with Gasteiger partial charge >= 0.3 is 0 Å². The molecular formula is C25H31N5OS. The van der Waals surface area contributed by atoms with E-state index in [0.717, 1.165) is 60.4 Å². The highest BCUT2D eigenvalue weighted by molar-refractivity contribution is 7.13.